The molecule has 0 aromatic rings. The summed E-state index contributed by atoms with van der Waals surface area (Å²) in [5.41, 5.74) is 4.20. The van der Waals surface area contributed by atoms with Crippen LogP contribution in [0, 0.1) is 0 Å². The molecule has 0 aliphatic rings. The van der Waals surface area contributed by atoms with E-state index in [4.69, 9.17) is 15.0 Å². The zero-order valence-corrected chi connectivity index (χ0v) is 9.10. The van der Waals surface area contributed by atoms with Crippen LogP contribution in [0.2, 0.25) is 0 Å². The van der Waals surface area contributed by atoms with E-state index in [-0.39, 0.29) is 5.57 Å². The molecule has 92 valence electrons. The minimum atomic E-state index is -1.33. The number of amides is 1. The molecule has 0 heterocycles. The Morgan fingerprint density at radius 1 is 1.31 bits per heavy atom. The quantitative estimate of drug-likeness (QED) is 0.473. The van der Waals surface area contributed by atoms with Crippen LogP contribution >= 0.6 is 0 Å². The second kappa shape index (κ2) is 12.7. The fourth-order valence-electron chi connectivity index (χ4n) is 0.0833. The molecule has 0 aromatic carbocycles. The molecule has 0 saturated carbocycles. The Hall–Kier alpha value is -2.31. The van der Waals surface area contributed by atoms with Crippen molar-refractivity contribution in [3.8, 4) is 0 Å². The third-order valence-corrected chi connectivity index (χ3v) is 0.733. The highest BCUT2D eigenvalue weighted by molar-refractivity contribution is 5.84. The minimum absolute atomic E-state index is 0.176. The predicted molar refractivity (Wildman–Crippen MR) is 56.9 cm³/mol. The lowest BCUT2D eigenvalue weighted by Crippen LogP contribution is -2.03. The molecular weight excluding hydrogens is 218 g/mol. The van der Waals surface area contributed by atoms with E-state index in [0.717, 1.165) is 6.08 Å². The third-order valence-electron chi connectivity index (χ3n) is 0.733. The van der Waals surface area contributed by atoms with Crippen molar-refractivity contribution in [1.82, 2.24) is 0 Å². The van der Waals surface area contributed by atoms with Crippen LogP contribution in [0.25, 0.3) is 0 Å². The molecule has 7 heteroatoms. The summed E-state index contributed by atoms with van der Waals surface area (Å²) in [6, 6.07) is 0. The summed E-state index contributed by atoms with van der Waals surface area (Å²) >= 11 is 0. The number of hydrogen-bond donors (Lipinski definition) is 3. The smallest absolute Gasteiger partial charge is 0.402 e. The van der Waals surface area contributed by atoms with Crippen LogP contribution in [0.5, 0.6) is 0 Å². The van der Waals surface area contributed by atoms with Gasteiger partial charge in [0, 0.05) is 11.6 Å². The van der Waals surface area contributed by atoms with Gasteiger partial charge in [-0.25, -0.2) is 14.4 Å². The number of aliphatic carboxylic acids is 1. The second-order valence-electron chi connectivity index (χ2n) is 2.15. The summed E-state index contributed by atoms with van der Waals surface area (Å²) in [6.07, 6.45) is -0.222. The summed E-state index contributed by atoms with van der Waals surface area (Å²) < 4.78 is 4.14. The lowest BCUT2D eigenvalue weighted by molar-refractivity contribution is -0.135. The maximum absolute atomic E-state index is 9.84. The van der Waals surface area contributed by atoms with Crippen molar-refractivity contribution in [3.63, 3.8) is 0 Å². The number of esters is 1. The molecule has 0 radical (unpaired) electrons. The summed E-state index contributed by atoms with van der Waals surface area (Å²) in [7, 11) is 1.31. The molecule has 0 fully saturated rings. The van der Waals surface area contributed by atoms with Gasteiger partial charge in [-0.2, -0.15) is 0 Å². The lowest BCUT2D eigenvalue weighted by Gasteiger charge is -1.83. The lowest BCUT2D eigenvalue weighted by atomic mass is 10.4. The highest BCUT2D eigenvalue weighted by atomic mass is 16.5. The molecule has 0 unspecified atom stereocenters. The number of nitrogens with two attached hydrogens (primary N) is 1. The summed E-state index contributed by atoms with van der Waals surface area (Å²) in [6.45, 7) is 7.76. The predicted octanol–water partition coefficient (Wildman–Crippen LogP) is 0.616. The van der Waals surface area contributed by atoms with E-state index >= 15 is 0 Å². The number of ether oxygens (including phenoxy) is 1. The van der Waals surface area contributed by atoms with Crippen LogP contribution in [0.4, 0.5) is 4.79 Å². The summed E-state index contributed by atoms with van der Waals surface area (Å²) in [4.78, 5) is 28.2. The largest absolute Gasteiger partial charge is 0.478 e. The number of carboxylic acid groups (broad SMARTS) is 2. The van der Waals surface area contributed by atoms with Gasteiger partial charge in [-0.1, -0.05) is 13.2 Å². The normalized spacial score (nSPS) is 6.88. The van der Waals surface area contributed by atoms with E-state index in [1.54, 1.807) is 0 Å². The van der Waals surface area contributed by atoms with Gasteiger partial charge in [0.2, 0.25) is 0 Å². The zero-order valence-electron chi connectivity index (χ0n) is 9.10. The minimum Gasteiger partial charge on any atom is -0.478 e. The van der Waals surface area contributed by atoms with Crippen LogP contribution in [-0.4, -0.2) is 35.4 Å². The fourth-order valence-corrected chi connectivity index (χ4v) is 0.0833. The standard InChI is InChI=1S/2C4H6O2.CH3NO2/c1-3-4(5)6-2;1-3(2)4(5)6;2-1(3)4/h3H,1H2,2H3;1H2,2H3,(H,5,6);2H2,(H,3,4). The highest BCUT2D eigenvalue weighted by Gasteiger charge is 1.90. The number of methoxy groups -OCH3 is 1. The first kappa shape index (κ1) is 19.3. The van der Waals surface area contributed by atoms with Gasteiger partial charge in [-0.05, 0) is 6.92 Å². The molecule has 0 aliphatic carbocycles. The van der Waals surface area contributed by atoms with Gasteiger partial charge in [0.15, 0.2) is 0 Å². The Morgan fingerprint density at radius 2 is 1.56 bits per heavy atom. The van der Waals surface area contributed by atoms with Crippen molar-refractivity contribution in [2.24, 2.45) is 5.73 Å². The van der Waals surface area contributed by atoms with E-state index in [1.807, 2.05) is 0 Å². The summed E-state index contributed by atoms with van der Waals surface area (Å²) in [5, 5.41) is 15.1. The Kier molecular flexibility index (Phi) is 15.3. The van der Waals surface area contributed by atoms with Crippen LogP contribution in [0.1, 0.15) is 6.92 Å². The fraction of sp³-hybridized carbons (Fsp3) is 0.222. The molecule has 0 aromatic heterocycles. The average molecular weight is 233 g/mol. The number of primary amides is 1. The Bertz CT molecular complexity index is 252. The topological polar surface area (TPSA) is 127 Å². The molecule has 0 saturated heterocycles. The van der Waals surface area contributed by atoms with E-state index in [9.17, 15) is 9.59 Å². The van der Waals surface area contributed by atoms with Crippen molar-refractivity contribution in [3.05, 3.63) is 24.8 Å². The number of carbonyl (C=O) groups excluding carboxylic acids is 1. The van der Waals surface area contributed by atoms with Gasteiger partial charge in [-0.3, -0.25) is 0 Å². The monoisotopic (exact) mass is 233 g/mol. The van der Waals surface area contributed by atoms with Crippen LogP contribution < -0.4 is 5.73 Å². The molecule has 1 amide bonds. The maximum Gasteiger partial charge on any atom is 0.402 e. The third kappa shape index (κ3) is 41.3. The molecule has 0 spiro atoms. The number of hydrogen-bond acceptors (Lipinski definition) is 4. The molecule has 0 rings (SSSR count). The van der Waals surface area contributed by atoms with Crippen molar-refractivity contribution in [2.75, 3.05) is 7.11 Å². The van der Waals surface area contributed by atoms with Crippen LogP contribution in [0.3, 0.4) is 0 Å². The SMILES string of the molecule is C=C(C)C(=O)O.C=CC(=O)OC.NC(=O)O. The van der Waals surface area contributed by atoms with E-state index in [2.05, 4.69) is 23.6 Å². The van der Waals surface area contributed by atoms with Crippen molar-refractivity contribution >= 4 is 18.0 Å². The molecule has 4 N–H and O–H groups in total. The number of carbonyl (C=O) groups is 3. The van der Waals surface area contributed by atoms with E-state index < -0.39 is 18.0 Å². The molecule has 16 heavy (non-hydrogen) atoms. The van der Waals surface area contributed by atoms with Crippen LogP contribution in [-0.2, 0) is 14.3 Å². The van der Waals surface area contributed by atoms with Gasteiger partial charge >= 0.3 is 18.0 Å². The first-order chi connectivity index (χ1) is 7.18. The zero-order chi connectivity index (χ0) is 13.7. The summed E-state index contributed by atoms with van der Waals surface area (Å²) in [5.74, 6) is -1.33. The Balaban J connectivity index is -0.000000162. The Morgan fingerprint density at radius 3 is 1.56 bits per heavy atom. The van der Waals surface area contributed by atoms with Gasteiger partial charge in [0.25, 0.3) is 0 Å². The van der Waals surface area contributed by atoms with E-state index in [0.29, 0.717) is 0 Å². The molecule has 7 nitrogen and oxygen atoms in total. The van der Waals surface area contributed by atoms with Gasteiger partial charge in [0.05, 0.1) is 7.11 Å². The van der Waals surface area contributed by atoms with Gasteiger partial charge in [0.1, 0.15) is 0 Å². The molecule has 0 bridgehead atoms. The van der Waals surface area contributed by atoms with Gasteiger partial charge in [-0.15, -0.1) is 0 Å². The molecule has 0 atom stereocenters. The van der Waals surface area contributed by atoms with Crippen molar-refractivity contribution in [2.45, 2.75) is 6.92 Å². The van der Waals surface area contributed by atoms with Gasteiger partial charge < -0.3 is 20.7 Å². The number of rotatable bonds is 2. The molecule has 0 aliphatic heterocycles. The molecular formula is C9H15NO6. The van der Waals surface area contributed by atoms with E-state index in [1.165, 1.54) is 14.0 Å². The first-order valence-electron chi connectivity index (χ1n) is 3.76. The maximum atomic E-state index is 9.84. The van der Waals surface area contributed by atoms with Crippen molar-refractivity contribution in [1.29, 1.82) is 0 Å². The van der Waals surface area contributed by atoms with Crippen LogP contribution in [0.15, 0.2) is 24.8 Å². The average Bonchev–Trinajstić information content (AvgIpc) is 2.16. The first-order valence-corrected chi connectivity index (χ1v) is 3.76. The second-order valence-corrected chi connectivity index (χ2v) is 2.15. The Labute approximate surface area is 92.8 Å². The highest BCUT2D eigenvalue weighted by Crippen LogP contribution is 1.81. The van der Waals surface area contributed by atoms with Crippen molar-refractivity contribution < 1.29 is 29.3 Å². The number of carboxylic acids is 1.